The van der Waals surface area contributed by atoms with E-state index in [4.69, 9.17) is 4.74 Å². The molecule has 1 N–H and O–H groups in total. The second kappa shape index (κ2) is 8.92. The third kappa shape index (κ3) is 6.33. The van der Waals surface area contributed by atoms with Gasteiger partial charge in [-0.05, 0) is 45.7 Å². The molecule has 0 aromatic carbocycles. The molecule has 0 bridgehead atoms. The van der Waals surface area contributed by atoms with Gasteiger partial charge in [0, 0.05) is 39.1 Å². The number of hydrogen-bond acceptors (Lipinski definition) is 2. The topological polar surface area (TPSA) is 41.8 Å². The van der Waals surface area contributed by atoms with Crippen LogP contribution in [0.2, 0.25) is 0 Å². The number of piperidine rings is 1. The van der Waals surface area contributed by atoms with Crippen LogP contribution in [0.1, 0.15) is 39.3 Å². The van der Waals surface area contributed by atoms with Crippen LogP contribution < -0.4 is 5.32 Å². The van der Waals surface area contributed by atoms with Crippen molar-refractivity contribution in [2.24, 2.45) is 12.0 Å². The van der Waals surface area contributed by atoms with Gasteiger partial charge in [0.25, 0.3) is 0 Å². The zero-order valence-electron chi connectivity index (χ0n) is 15.0. The first-order valence-corrected chi connectivity index (χ1v) is 8.12. The summed E-state index contributed by atoms with van der Waals surface area (Å²) in [4.78, 5) is 6.75. The van der Waals surface area contributed by atoms with Crippen LogP contribution in [0.4, 0.5) is 0 Å². The summed E-state index contributed by atoms with van der Waals surface area (Å²) in [7, 11) is 3.92. The number of aryl methyl sites for hydroxylation is 1. The van der Waals surface area contributed by atoms with Crippen molar-refractivity contribution in [1.29, 1.82) is 0 Å². The number of likely N-dealkylation sites (tertiary alicyclic amines) is 1. The molecule has 1 saturated heterocycles. The van der Waals surface area contributed by atoms with Gasteiger partial charge in [-0.15, -0.1) is 24.0 Å². The maximum atomic E-state index is 6.08. The van der Waals surface area contributed by atoms with Crippen molar-refractivity contribution < 1.29 is 4.74 Å². The standard InChI is InChI=1S/C17H30N4O.HI/c1-17(2,3)22-15-8-11-21(12-9-15)16(18-4)19-13-14-7-6-10-20(14)5;/h6-7,10,15H,8-9,11-13H2,1-5H3,(H,18,19);1H. The quantitative estimate of drug-likeness (QED) is 0.452. The molecule has 23 heavy (non-hydrogen) atoms. The average molecular weight is 434 g/mol. The predicted molar refractivity (Wildman–Crippen MR) is 106 cm³/mol. The second-order valence-corrected chi connectivity index (χ2v) is 6.93. The smallest absolute Gasteiger partial charge is 0.193 e. The molecule has 1 aromatic rings. The largest absolute Gasteiger partial charge is 0.372 e. The molecule has 1 aliphatic rings. The maximum absolute atomic E-state index is 6.08. The summed E-state index contributed by atoms with van der Waals surface area (Å²) in [5.41, 5.74) is 1.20. The van der Waals surface area contributed by atoms with Crippen molar-refractivity contribution in [3.63, 3.8) is 0 Å². The number of halogens is 1. The molecule has 0 radical (unpaired) electrons. The SMILES string of the molecule is CN=C(NCc1cccn1C)N1CCC(OC(C)(C)C)CC1.I. The molecule has 0 aliphatic carbocycles. The Hall–Kier alpha value is -0.760. The highest BCUT2D eigenvalue weighted by Gasteiger charge is 2.25. The number of hydrogen-bond donors (Lipinski definition) is 1. The number of aromatic nitrogens is 1. The molecule has 1 fully saturated rings. The normalized spacial score (nSPS) is 17.1. The fourth-order valence-corrected chi connectivity index (χ4v) is 2.87. The minimum absolute atomic E-state index is 0. The maximum Gasteiger partial charge on any atom is 0.193 e. The summed E-state index contributed by atoms with van der Waals surface area (Å²) < 4.78 is 8.21. The molecular weight excluding hydrogens is 403 g/mol. The molecule has 132 valence electrons. The Morgan fingerprint density at radius 3 is 2.48 bits per heavy atom. The van der Waals surface area contributed by atoms with Crippen molar-refractivity contribution in [2.75, 3.05) is 20.1 Å². The lowest BCUT2D eigenvalue weighted by Crippen LogP contribution is -2.47. The van der Waals surface area contributed by atoms with Crippen LogP contribution in [0.15, 0.2) is 23.3 Å². The van der Waals surface area contributed by atoms with Gasteiger partial charge in [0.1, 0.15) is 0 Å². The summed E-state index contributed by atoms with van der Waals surface area (Å²) in [6.07, 6.45) is 4.54. The molecule has 0 unspecified atom stereocenters. The number of ether oxygens (including phenoxy) is 1. The van der Waals surface area contributed by atoms with E-state index in [9.17, 15) is 0 Å². The highest BCUT2D eigenvalue weighted by Crippen LogP contribution is 2.20. The van der Waals surface area contributed by atoms with Gasteiger partial charge in [0.15, 0.2) is 5.96 Å². The van der Waals surface area contributed by atoms with Crippen LogP contribution in [0.25, 0.3) is 0 Å². The van der Waals surface area contributed by atoms with Gasteiger partial charge in [0.05, 0.1) is 18.2 Å². The van der Waals surface area contributed by atoms with Crippen LogP contribution >= 0.6 is 24.0 Å². The molecule has 5 nitrogen and oxygen atoms in total. The number of rotatable bonds is 3. The zero-order chi connectivity index (χ0) is 16.2. The predicted octanol–water partition coefficient (Wildman–Crippen LogP) is 3.00. The van der Waals surface area contributed by atoms with Crippen LogP contribution in [0.5, 0.6) is 0 Å². The van der Waals surface area contributed by atoms with Crippen LogP contribution in [-0.2, 0) is 18.3 Å². The average Bonchev–Trinajstić information content (AvgIpc) is 2.85. The molecule has 0 saturated carbocycles. The Morgan fingerprint density at radius 1 is 1.35 bits per heavy atom. The molecule has 0 atom stereocenters. The van der Waals surface area contributed by atoms with Crippen LogP contribution in [0, 0.1) is 0 Å². The van der Waals surface area contributed by atoms with E-state index in [1.54, 1.807) is 0 Å². The first-order chi connectivity index (χ1) is 10.4. The molecular formula is C17H31IN4O. The zero-order valence-corrected chi connectivity index (χ0v) is 17.3. The fraction of sp³-hybridized carbons (Fsp3) is 0.706. The van der Waals surface area contributed by atoms with Crippen molar-refractivity contribution in [3.05, 3.63) is 24.0 Å². The van der Waals surface area contributed by atoms with Crippen molar-refractivity contribution >= 4 is 29.9 Å². The van der Waals surface area contributed by atoms with E-state index < -0.39 is 0 Å². The van der Waals surface area contributed by atoms with Gasteiger partial charge in [-0.2, -0.15) is 0 Å². The second-order valence-electron chi connectivity index (χ2n) is 6.93. The first kappa shape index (κ1) is 20.3. The minimum atomic E-state index is -0.0563. The third-order valence-electron chi connectivity index (χ3n) is 3.95. The highest BCUT2D eigenvalue weighted by molar-refractivity contribution is 14.0. The van der Waals surface area contributed by atoms with Gasteiger partial charge in [-0.1, -0.05) is 0 Å². The van der Waals surface area contributed by atoms with Crippen molar-refractivity contribution in [2.45, 2.75) is 51.9 Å². The lowest BCUT2D eigenvalue weighted by atomic mass is 10.1. The van der Waals surface area contributed by atoms with Crippen LogP contribution in [-0.4, -0.2) is 47.3 Å². The molecule has 0 spiro atoms. The lowest BCUT2D eigenvalue weighted by molar-refractivity contribution is -0.0772. The summed E-state index contributed by atoms with van der Waals surface area (Å²) in [6.45, 7) is 9.16. The van der Waals surface area contributed by atoms with E-state index in [0.29, 0.717) is 6.10 Å². The number of nitrogens with zero attached hydrogens (tertiary/aromatic N) is 3. The number of nitrogens with one attached hydrogen (secondary N) is 1. The number of aliphatic imine (C=N–C) groups is 1. The fourth-order valence-electron chi connectivity index (χ4n) is 2.87. The third-order valence-corrected chi connectivity index (χ3v) is 3.95. The molecule has 1 aromatic heterocycles. The van der Waals surface area contributed by atoms with Gasteiger partial charge < -0.3 is 19.5 Å². The van der Waals surface area contributed by atoms with E-state index in [1.807, 2.05) is 7.05 Å². The van der Waals surface area contributed by atoms with E-state index in [-0.39, 0.29) is 29.6 Å². The molecule has 2 rings (SSSR count). The Labute approximate surface area is 157 Å². The van der Waals surface area contributed by atoms with Crippen LogP contribution in [0.3, 0.4) is 0 Å². The summed E-state index contributed by atoms with van der Waals surface area (Å²) in [5, 5.41) is 3.46. The Kier molecular flexibility index (Phi) is 7.86. The minimum Gasteiger partial charge on any atom is -0.372 e. The van der Waals surface area contributed by atoms with Gasteiger partial charge >= 0.3 is 0 Å². The van der Waals surface area contributed by atoms with Crippen molar-refractivity contribution in [3.8, 4) is 0 Å². The number of guanidine groups is 1. The van der Waals surface area contributed by atoms with E-state index in [2.05, 4.69) is 65.9 Å². The molecule has 2 heterocycles. The Bertz CT molecular complexity index is 499. The highest BCUT2D eigenvalue weighted by atomic mass is 127. The van der Waals surface area contributed by atoms with Crippen molar-refractivity contribution in [1.82, 2.24) is 14.8 Å². The van der Waals surface area contributed by atoms with Gasteiger partial charge in [-0.25, -0.2) is 0 Å². The molecule has 6 heteroatoms. The first-order valence-electron chi connectivity index (χ1n) is 8.12. The van der Waals surface area contributed by atoms with E-state index in [1.165, 1.54) is 5.69 Å². The Balaban J connectivity index is 0.00000264. The van der Waals surface area contributed by atoms with Gasteiger partial charge in [0.2, 0.25) is 0 Å². The molecule has 1 aliphatic heterocycles. The Morgan fingerprint density at radius 2 is 2.00 bits per heavy atom. The monoisotopic (exact) mass is 434 g/mol. The summed E-state index contributed by atoms with van der Waals surface area (Å²) in [5.74, 6) is 0.982. The molecule has 0 amide bonds. The van der Waals surface area contributed by atoms with E-state index in [0.717, 1.165) is 38.4 Å². The van der Waals surface area contributed by atoms with Gasteiger partial charge in [-0.3, -0.25) is 4.99 Å². The van der Waals surface area contributed by atoms with E-state index >= 15 is 0 Å². The summed E-state index contributed by atoms with van der Waals surface area (Å²) in [6, 6.07) is 4.19. The summed E-state index contributed by atoms with van der Waals surface area (Å²) >= 11 is 0. The lowest BCUT2D eigenvalue weighted by Gasteiger charge is -2.36.